The molecule has 4 heterocycles. The van der Waals surface area contributed by atoms with E-state index in [4.69, 9.17) is 4.74 Å². The maximum Gasteiger partial charge on any atom is 0.213 e. The van der Waals surface area contributed by atoms with Crippen LogP contribution in [0.25, 0.3) is 11.1 Å². The zero-order valence-corrected chi connectivity index (χ0v) is 13.3. The van der Waals surface area contributed by atoms with E-state index >= 15 is 0 Å². The fourth-order valence-corrected chi connectivity index (χ4v) is 3.90. The van der Waals surface area contributed by atoms with Crippen molar-refractivity contribution in [3.8, 4) is 17.0 Å². The monoisotopic (exact) mass is 312 g/mol. The third kappa shape index (κ3) is 2.72. The van der Waals surface area contributed by atoms with Crippen LogP contribution in [0.3, 0.4) is 0 Å². The van der Waals surface area contributed by atoms with Gasteiger partial charge in [-0.1, -0.05) is 18.2 Å². The summed E-state index contributed by atoms with van der Waals surface area (Å²) in [5, 5.41) is 0. The van der Waals surface area contributed by atoms with Crippen molar-refractivity contribution in [2.24, 2.45) is 5.92 Å². The Balaban J connectivity index is 1.52. The summed E-state index contributed by atoms with van der Waals surface area (Å²) >= 11 is 0. The van der Waals surface area contributed by atoms with Crippen molar-refractivity contribution in [3.05, 3.63) is 48.4 Å². The van der Waals surface area contributed by atoms with E-state index in [2.05, 4.69) is 16.8 Å². The Bertz CT molecular complexity index is 678. The van der Waals surface area contributed by atoms with E-state index in [1.165, 1.54) is 32.0 Å². The molecule has 1 aromatic heterocycles. The number of pyridine rings is 1. The molecule has 4 heteroatoms. The van der Waals surface area contributed by atoms with Crippen LogP contribution in [0.5, 0.6) is 5.88 Å². The Hall–Kier alpha value is -1.94. The van der Waals surface area contributed by atoms with Crippen LogP contribution in [-0.4, -0.2) is 35.1 Å². The van der Waals surface area contributed by atoms with Gasteiger partial charge in [-0.3, -0.25) is 4.90 Å². The van der Waals surface area contributed by atoms with Crippen LogP contribution in [0.15, 0.2) is 42.6 Å². The number of aromatic nitrogens is 1. The molecule has 2 aromatic rings. The molecule has 3 saturated heterocycles. The van der Waals surface area contributed by atoms with E-state index in [0.717, 1.165) is 5.56 Å². The zero-order chi connectivity index (χ0) is 15.8. The summed E-state index contributed by atoms with van der Waals surface area (Å²) in [6.07, 6.45) is 4.33. The van der Waals surface area contributed by atoms with Crippen LogP contribution in [0, 0.1) is 11.7 Å². The normalized spacial score (nSPS) is 29.5. The minimum Gasteiger partial charge on any atom is -0.472 e. The molecule has 0 unspecified atom stereocenters. The second-order valence-corrected chi connectivity index (χ2v) is 6.56. The van der Waals surface area contributed by atoms with Crippen LogP contribution >= 0.6 is 0 Å². The predicted octanol–water partition coefficient (Wildman–Crippen LogP) is 3.75. The molecule has 3 nitrogen and oxygen atoms in total. The summed E-state index contributed by atoms with van der Waals surface area (Å²) in [5.74, 6) is 1.03. The van der Waals surface area contributed by atoms with E-state index in [1.54, 1.807) is 18.3 Å². The van der Waals surface area contributed by atoms with Gasteiger partial charge in [0.05, 0.1) is 0 Å². The molecule has 0 radical (unpaired) electrons. The molecule has 120 valence electrons. The van der Waals surface area contributed by atoms with Crippen molar-refractivity contribution in [1.82, 2.24) is 9.88 Å². The van der Waals surface area contributed by atoms with Gasteiger partial charge in [0.25, 0.3) is 0 Å². The third-order valence-electron chi connectivity index (χ3n) is 5.27. The molecule has 0 aliphatic carbocycles. The molecule has 0 N–H and O–H groups in total. The highest BCUT2D eigenvalue weighted by molar-refractivity contribution is 5.63. The summed E-state index contributed by atoms with van der Waals surface area (Å²) in [6, 6.07) is 10.9. The molecule has 0 saturated carbocycles. The molecule has 3 aliphatic heterocycles. The van der Waals surface area contributed by atoms with Crippen LogP contribution < -0.4 is 4.74 Å². The molecule has 0 amide bonds. The van der Waals surface area contributed by atoms with Crippen molar-refractivity contribution in [2.45, 2.75) is 31.9 Å². The quantitative estimate of drug-likeness (QED) is 0.863. The second-order valence-electron chi connectivity index (χ2n) is 6.56. The van der Waals surface area contributed by atoms with Crippen LogP contribution in [0.1, 0.15) is 19.8 Å². The van der Waals surface area contributed by atoms with Gasteiger partial charge in [0.1, 0.15) is 11.9 Å². The van der Waals surface area contributed by atoms with Crippen LogP contribution in [-0.2, 0) is 0 Å². The number of nitrogens with zero attached hydrogens (tertiary/aromatic N) is 2. The van der Waals surface area contributed by atoms with Gasteiger partial charge >= 0.3 is 0 Å². The average molecular weight is 312 g/mol. The van der Waals surface area contributed by atoms with Crippen LogP contribution in [0.4, 0.5) is 4.39 Å². The number of halogens is 1. The summed E-state index contributed by atoms with van der Waals surface area (Å²) in [7, 11) is 0. The smallest absolute Gasteiger partial charge is 0.213 e. The molecule has 0 spiro atoms. The standard InChI is InChI=1S/C19H21FN2O/c1-13-19(14-8-10-22(13)11-9-14)23-18-7-6-15(12-21-18)16-4-2-3-5-17(16)20/h2-7,12-14,19H,8-11H2,1H3/t13-,19-/m0/s1. The Morgan fingerprint density at radius 2 is 1.91 bits per heavy atom. The highest BCUT2D eigenvalue weighted by Gasteiger charge is 2.41. The fourth-order valence-electron chi connectivity index (χ4n) is 3.90. The lowest BCUT2D eigenvalue weighted by molar-refractivity contribution is -0.0525. The third-order valence-corrected chi connectivity index (χ3v) is 5.27. The second kappa shape index (κ2) is 5.93. The lowest BCUT2D eigenvalue weighted by Crippen LogP contribution is -2.58. The number of fused-ring (bicyclic) bond motifs is 3. The zero-order valence-electron chi connectivity index (χ0n) is 13.3. The lowest BCUT2D eigenvalue weighted by Gasteiger charge is -2.49. The van der Waals surface area contributed by atoms with E-state index in [1.807, 2.05) is 18.2 Å². The topological polar surface area (TPSA) is 25.4 Å². The summed E-state index contributed by atoms with van der Waals surface area (Å²) in [4.78, 5) is 6.90. The minimum atomic E-state index is -0.228. The first kappa shape index (κ1) is 14.6. The first-order valence-electron chi connectivity index (χ1n) is 8.34. The molecule has 1 aromatic carbocycles. The van der Waals surface area contributed by atoms with Gasteiger partial charge in [0.15, 0.2) is 0 Å². The summed E-state index contributed by atoms with van der Waals surface area (Å²) in [6.45, 7) is 4.61. The first-order valence-corrected chi connectivity index (χ1v) is 8.34. The van der Waals surface area contributed by atoms with Gasteiger partial charge in [-0.2, -0.15) is 0 Å². The fraction of sp³-hybridized carbons (Fsp3) is 0.421. The van der Waals surface area contributed by atoms with Crippen molar-refractivity contribution in [3.63, 3.8) is 0 Å². The van der Waals surface area contributed by atoms with Crippen molar-refractivity contribution in [1.29, 1.82) is 0 Å². The van der Waals surface area contributed by atoms with E-state index < -0.39 is 0 Å². The number of hydrogen-bond donors (Lipinski definition) is 0. The van der Waals surface area contributed by atoms with Crippen molar-refractivity contribution >= 4 is 0 Å². The molecular formula is C19H21FN2O. The lowest BCUT2D eigenvalue weighted by atomic mass is 9.81. The van der Waals surface area contributed by atoms with Gasteiger partial charge < -0.3 is 4.74 Å². The van der Waals surface area contributed by atoms with Crippen molar-refractivity contribution in [2.75, 3.05) is 13.1 Å². The average Bonchev–Trinajstić information content (AvgIpc) is 2.60. The van der Waals surface area contributed by atoms with Gasteiger partial charge in [-0.25, -0.2) is 9.37 Å². The van der Waals surface area contributed by atoms with Crippen LogP contribution in [0.2, 0.25) is 0 Å². The van der Waals surface area contributed by atoms with E-state index in [0.29, 0.717) is 23.4 Å². The largest absolute Gasteiger partial charge is 0.472 e. The highest BCUT2D eigenvalue weighted by atomic mass is 19.1. The highest BCUT2D eigenvalue weighted by Crippen LogP contribution is 2.34. The van der Waals surface area contributed by atoms with Gasteiger partial charge in [-0.15, -0.1) is 0 Å². The van der Waals surface area contributed by atoms with E-state index in [9.17, 15) is 4.39 Å². The number of piperidine rings is 3. The maximum atomic E-state index is 13.8. The molecular weight excluding hydrogens is 291 g/mol. The Morgan fingerprint density at radius 3 is 2.57 bits per heavy atom. The Labute approximate surface area is 136 Å². The van der Waals surface area contributed by atoms with E-state index in [-0.39, 0.29) is 11.9 Å². The van der Waals surface area contributed by atoms with Gasteiger partial charge in [0, 0.05) is 29.4 Å². The number of benzene rings is 1. The molecule has 2 atom stereocenters. The van der Waals surface area contributed by atoms with Crippen molar-refractivity contribution < 1.29 is 9.13 Å². The maximum absolute atomic E-state index is 13.8. The predicted molar refractivity (Wildman–Crippen MR) is 87.8 cm³/mol. The molecule has 23 heavy (non-hydrogen) atoms. The molecule has 2 bridgehead atoms. The Morgan fingerprint density at radius 1 is 1.13 bits per heavy atom. The number of rotatable bonds is 3. The molecule has 5 rings (SSSR count). The van der Waals surface area contributed by atoms with Gasteiger partial charge in [0.2, 0.25) is 5.88 Å². The first-order chi connectivity index (χ1) is 11.2. The number of hydrogen-bond acceptors (Lipinski definition) is 3. The summed E-state index contributed by atoms with van der Waals surface area (Å²) in [5.41, 5.74) is 1.35. The van der Waals surface area contributed by atoms with Gasteiger partial charge in [-0.05, 0) is 50.9 Å². The Kier molecular flexibility index (Phi) is 3.77. The SMILES string of the molecule is C[C@H]1[C@H](Oc2ccc(-c3ccccc3F)cn2)C2CCN1CC2. The number of ether oxygens (including phenoxy) is 1. The summed E-state index contributed by atoms with van der Waals surface area (Å²) < 4.78 is 20.0. The minimum absolute atomic E-state index is 0.212. The molecule has 3 aliphatic rings. The molecule has 3 fully saturated rings.